The van der Waals surface area contributed by atoms with Crippen LogP contribution in [0.1, 0.15) is 48.8 Å². The summed E-state index contributed by atoms with van der Waals surface area (Å²) in [6, 6.07) is 1.79. The molecule has 1 fully saturated rings. The Balaban J connectivity index is 2.06. The van der Waals surface area contributed by atoms with Gasteiger partial charge in [-0.25, -0.2) is 13.1 Å². The van der Waals surface area contributed by atoms with Crippen LogP contribution in [0.25, 0.3) is 0 Å². The minimum Gasteiger partial charge on any atom is -0.326 e. The number of rotatable bonds is 5. The standard InChI is InChI=1S/C14H24N2O2S2/c1-3-11-4-6-12(7-5-11)16-20(17,18)14-8-13(9-15)19-10(14)2/h8,11-12,16H,3-7,9,15H2,1-2H3. The van der Waals surface area contributed by atoms with E-state index in [0.717, 1.165) is 41.4 Å². The largest absolute Gasteiger partial charge is 0.326 e. The highest BCUT2D eigenvalue weighted by molar-refractivity contribution is 7.89. The zero-order valence-corrected chi connectivity index (χ0v) is 13.8. The van der Waals surface area contributed by atoms with Crippen molar-refractivity contribution in [3.05, 3.63) is 15.8 Å². The van der Waals surface area contributed by atoms with E-state index in [2.05, 4.69) is 11.6 Å². The Morgan fingerprint density at radius 3 is 2.50 bits per heavy atom. The van der Waals surface area contributed by atoms with Gasteiger partial charge in [-0.2, -0.15) is 0 Å². The van der Waals surface area contributed by atoms with Crippen molar-refractivity contribution in [1.29, 1.82) is 0 Å². The van der Waals surface area contributed by atoms with Crippen LogP contribution in [0, 0.1) is 12.8 Å². The van der Waals surface area contributed by atoms with Crippen molar-refractivity contribution in [3.63, 3.8) is 0 Å². The lowest BCUT2D eigenvalue weighted by Gasteiger charge is -2.28. The number of sulfonamides is 1. The number of nitrogens with two attached hydrogens (primary N) is 1. The molecule has 0 amide bonds. The van der Waals surface area contributed by atoms with Crippen LogP contribution in [-0.2, 0) is 16.6 Å². The normalized spacial score (nSPS) is 23.9. The highest BCUT2D eigenvalue weighted by Crippen LogP contribution is 2.29. The van der Waals surface area contributed by atoms with E-state index in [1.807, 2.05) is 6.92 Å². The summed E-state index contributed by atoms with van der Waals surface area (Å²) in [5.74, 6) is 0.766. The van der Waals surface area contributed by atoms with Gasteiger partial charge >= 0.3 is 0 Å². The second-order valence-corrected chi connectivity index (χ2v) is 8.61. The number of aryl methyl sites for hydroxylation is 1. The molecular weight excluding hydrogens is 292 g/mol. The van der Waals surface area contributed by atoms with Gasteiger partial charge in [0, 0.05) is 22.3 Å². The molecule has 1 aliphatic carbocycles. The van der Waals surface area contributed by atoms with Crippen LogP contribution in [0.4, 0.5) is 0 Å². The average Bonchev–Trinajstić information content (AvgIpc) is 2.81. The topological polar surface area (TPSA) is 72.2 Å². The van der Waals surface area contributed by atoms with Gasteiger partial charge in [-0.1, -0.05) is 13.3 Å². The number of nitrogens with one attached hydrogen (secondary N) is 1. The first-order valence-electron chi connectivity index (χ1n) is 7.28. The van der Waals surface area contributed by atoms with E-state index in [9.17, 15) is 8.42 Å². The SMILES string of the molecule is CCC1CCC(NS(=O)(=O)c2cc(CN)sc2C)CC1. The molecule has 1 aromatic heterocycles. The van der Waals surface area contributed by atoms with Gasteiger partial charge in [-0.3, -0.25) is 0 Å². The first kappa shape index (κ1) is 15.9. The van der Waals surface area contributed by atoms with Gasteiger partial charge in [0.1, 0.15) is 0 Å². The maximum absolute atomic E-state index is 12.5. The number of hydrogen-bond acceptors (Lipinski definition) is 4. The summed E-state index contributed by atoms with van der Waals surface area (Å²) in [7, 11) is -3.40. The first-order chi connectivity index (χ1) is 9.46. The lowest BCUT2D eigenvalue weighted by Crippen LogP contribution is -2.37. The summed E-state index contributed by atoms with van der Waals surface area (Å²) < 4.78 is 27.8. The van der Waals surface area contributed by atoms with Crippen LogP contribution in [0.15, 0.2) is 11.0 Å². The summed E-state index contributed by atoms with van der Waals surface area (Å²) in [4.78, 5) is 2.14. The number of hydrogen-bond donors (Lipinski definition) is 2. The third kappa shape index (κ3) is 3.61. The molecule has 3 N–H and O–H groups in total. The Labute approximate surface area is 125 Å². The molecule has 0 aliphatic heterocycles. The van der Waals surface area contributed by atoms with Crippen molar-refractivity contribution < 1.29 is 8.42 Å². The zero-order chi connectivity index (χ0) is 14.8. The van der Waals surface area contributed by atoms with Crippen LogP contribution in [-0.4, -0.2) is 14.5 Å². The molecule has 0 aromatic carbocycles. The Bertz CT molecular complexity index is 544. The summed E-state index contributed by atoms with van der Waals surface area (Å²) in [5, 5.41) is 0. The smallest absolute Gasteiger partial charge is 0.241 e. The Morgan fingerprint density at radius 1 is 1.35 bits per heavy atom. The van der Waals surface area contributed by atoms with Crippen LogP contribution >= 0.6 is 11.3 Å². The highest BCUT2D eigenvalue weighted by atomic mass is 32.2. The molecule has 4 nitrogen and oxygen atoms in total. The molecule has 2 rings (SSSR count). The summed E-state index contributed by atoms with van der Waals surface area (Å²) in [6.07, 6.45) is 5.35. The van der Waals surface area contributed by atoms with Crippen molar-refractivity contribution in [3.8, 4) is 0 Å². The molecule has 20 heavy (non-hydrogen) atoms. The van der Waals surface area contributed by atoms with Crippen LogP contribution in [0.5, 0.6) is 0 Å². The van der Waals surface area contributed by atoms with E-state index in [4.69, 9.17) is 5.73 Å². The van der Waals surface area contributed by atoms with Gasteiger partial charge in [0.2, 0.25) is 10.0 Å². The molecule has 1 saturated carbocycles. The summed E-state index contributed by atoms with van der Waals surface area (Å²) >= 11 is 1.46. The van der Waals surface area contributed by atoms with Gasteiger partial charge in [0.25, 0.3) is 0 Å². The van der Waals surface area contributed by atoms with Crippen LogP contribution in [0.3, 0.4) is 0 Å². The van der Waals surface area contributed by atoms with Crippen molar-refractivity contribution >= 4 is 21.4 Å². The van der Waals surface area contributed by atoms with E-state index in [1.165, 1.54) is 17.8 Å². The Kier molecular flexibility index (Phi) is 5.23. The molecule has 0 saturated heterocycles. The molecule has 0 radical (unpaired) electrons. The first-order valence-corrected chi connectivity index (χ1v) is 9.58. The fourth-order valence-electron chi connectivity index (χ4n) is 2.86. The van der Waals surface area contributed by atoms with Gasteiger partial charge in [0.05, 0.1) is 4.90 Å². The monoisotopic (exact) mass is 316 g/mol. The van der Waals surface area contributed by atoms with Crippen LogP contribution < -0.4 is 10.5 Å². The van der Waals surface area contributed by atoms with Gasteiger partial charge in [0.15, 0.2) is 0 Å². The van der Waals surface area contributed by atoms with Crippen molar-refractivity contribution in [1.82, 2.24) is 4.72 Å². The van der Waals surface area contributed by atoms with Crippen LogP contribution in [0.2, 0.25) is 0 Å². The third-order valence-electron chi connectivity index (χ3n) is 4.16. The van der Waals surface area contributed by atoms with Gasteiger partial charge in [-0.15, -0.1) is 11.3 Å². The van der Waals surface area contributed by atoms with E-state index in [0.29, 0.717) is 11.4 Å². The summed E-state index contributed by atoms with van der Waals surface area (Å²) in [5.41, 5.74) is 5.59. The molecule has 0 bridgehead atoms. The maximum Gasteiger partial charge on any atom is 0.241 e. The summed E-state index contributed by atoms with van der Waals surface area (Å²) in [6.45, 7) is 4.44. The van der Waals surface area contributed by atoms with Gasteiger partial charge < -0.3 is 5.73 Å². The minimum absolute atomic E-state index is 0.0865. The molecule has 0 atom stereocenters. The lowest BCUT2D eigenvalue weighted by molar-refractivity contribution is 0.306. The zero-order valence-electron chi connectivity index (χ0n) is 12.2. The average molecular weight is 316 g/mol. The highest BCUT2D eigenvalue weighted by Gasteiger charge is 2.26. The Hall–Kier alpha value is -0.430. The quantitative estimate of drug-likeness (QED) is 0.877. The second-order valence-electron chi connectivity index (χ2n) is 5.58. The number of thiophene rings is 1. The molecule has 0 spiro atoms. The minimum atomic E-state index is -3.40. The van der Waals surface area contributed by atoms with E-state index in [1.54, 1.807) is 6.07 Å². The maximum atomic E-state index is 12.5. The second kappa shape index (κ2) is 6.56. The molecule has 1 aliphatic rings. The molecule has 6 heteroatoms. The van der Waals surface area contributed by atoms with Crippen molar-refractivity contribution in [2.75, 3.05) is 0 Å². The van der Waals surface area contributed by atoms with Gasteiger partial charge in [-0.05, 0) is 44.6 Å². The molecule has 1 heterocycles. The van der Waals surface area contributed by atoms with E-state index >= 15 is 0 Å². The lowest BCUT2D eigenvalue weighted by atomic mass is 9.85. The fourth-order valence-corrected chi connectivity index (χ4v) is 5.68. The van der Waals surface area contributed by atoms with Crippen molar-refractivity contribution in [2.24, 2.45) is 11.7 Å². The predicted molar refractivity (Wildman–Crippen MR) is 83.3 cm³/mol. The third-order valence-corrected chi connectivity index (χ3v) is 7.01. The molecular formula is C14H24N2O2S2. The predicted octanol–water partition coefficient (Wildman–Crippen LogP) is 2.76. The Morgan fingerprint density at radius 2 is 2.00 bits per heavy atom. The molecule has 114 valence electrons. The molecule has 0 unspecified atom stereocenters. The fraction of sp³-hybridized carbons (Fsp3) is 0.714. The van der Waals surface area contributed by atoms with E-state index < -0.39 is 10.0 Å². The van der Waals surface area contributed by atoms with Crippen molar-refractivity contribution in [2.45, 2.75) is 63.4 Å². The van der Waals surface area contributed by atoms with E-state index in [-0.39, 0.29) is 6.04 Å². The molecule has 1 aromatic rings.